The van der Waals surface area contributed by atoms with Crippen molar-refractivity contribution in [1.29, 1.82) is 0 Å². The smallest absolute Gasteiger partial charge is 0.270 e. The van der Waals surface area contributed by atoms with E-state index in [0.717, 1.165) is 16.7 Å². The summed E-state index contributed by atoms with van der Waals surface area (Å²) in [6, 6.07) is 9.35. The summed E-state index contributed by atoms with van der Waals surface area (Å²) in [4.78, 5) is 20.2. The van der Waals surface area contributed by atoms with Crippen LogP contribution in [0.5, 0.6) is 0 Å². The molecular weight excluding hydrogens is 282 g/mol. The minimum Gasteiger partial charge on any atom is -0.347 e. The summed E-state index contributed by atoms with van der Waals surface area (Å²) in [7, 11) is 0. The second-order valence-electron chi connectivity index (χ2n) is 4.49. The minimum absolute atomic E-state index is 0.184. The van der Waals surface area contributed by atoms with Crippen molar-refractivity contribution in [3.05, 3.63) is 70.9 Å². The number of carbonyl (C=O) groups excluding carboxylic acids is 1. The fourth-order valence-electron chi connectivity index (χ4n) is 1.94. The van der Waals surface area contributed by atoms with E-state index in [1.165, 1.54) is 0 Å². The Morgan fingerprint density at radius 3 is 2.90 bits per heavy atom. The molecule has 21 heavy (non-hydrogen) atoms. The zero-order valence-electron chi connectivity index (χ0n) is 11.2. The van der Waals surface area contributed by atoms with E-state index in [0.29, 0.717) is 12.2 Å². The molecular formula is C16H13N3OS. The van der Waals surface area contributed by atoms with Crippen LogP contribution in [0.25, 0.3) is 11.1 Å². The number of thiophene rings is 1. The molecule has 0 fully saturated rings. The van der Waals surface area contributed by atoms with Crippen LogP contribution in [0.2, 0.25) is 0 Å². The maximum absolute atomic E-state index is 11.9. The van der Waals surface area contributed by atoms with Gasteiger partial charge in [-0.2, -0.15) is 11.3 Å². The van der Waals surface area contributed by atoms with Gasteiger partial charge in [0.2, 0.25) is 0 Å². The van der Waals surface area contributed by atoms with Crippen LogP contribution in [0.1, 0.15) is 16.1 Å². The van der Waals surface area contributed by atoms with E-state index in [2.05, 4.69) is 26.7 Å². The molecule has 4 nitrogen and oxygen atoms in total. The lowest BCUT2D eigenvalue weighted by Gasteiger charge is -2.06. The largest absolute Gasteiger partial charge is 0.347 e. The maximum Gasteiger partial charge on any atom is 0.270 e. The summed E-state index contributed by atoms with van der Waals surface area (Å²) in [5, 5.41) is 6.96. The lowest BCUT2D eigenvalue weighted by atomic mass is 10.1. The van der Waals surface area contributed by atoms with E-state index in [1.807, 2.05) is 17.6 Å². The molecule has 0 bridgehead atoms. The lowest BCUT2D eigenvalue weighted by Crippen LogP contribution is -2.23. The van der Waals surface area contributed by atoms with E-state index in [-0.39, 0.29) is 5.91 Å². The Hall–Kier alpha value is -2.53. The van der Waals surface area contributed by atoms with Gasteiger partial charge in [-0.05, 0) is 46.2 Å². The number of carbonyl (C=O) groups is 1. The molecule has 1 N–H and O–H groups in total. The molecule has 3 aromatic heterocycles. The molecule has 104 valence electrons. The Morgan fingerprint density at radius 1 is 1.19 bits per heavy atom. The molecule has 0 atom stereocenters. The predicted molar refractivity (Wildman–Crippen MR) is 83.0 cm³/mol. The molecule has 0 aliphatic rings. The fourth-order valence-corrected chi connectivity index (χ4v) is 2.61. The van der Waals surface area contributed by atoms with Gasteiger partial charge in [0.05, 0.1) is 0 Å². The van der Waals surface area contributed by atoms with Crippen LogP contribution in [-0.2, 0) is 6.54 Å². The minimum atomic E-state index is -0.184. The summed E-state index contributed by atoms with van der Waals surface area (Å²) < 4.78 is 0. The van der Waals surface area contributed by atoms with Crippen LogP contribution in [0.4, 0.5) is 0 Å². The first-order chi connectivity index (χ1) is 10.3. The van der Waals surface area contributed by atoms with Gasteiger partial charge in [-0.15, -0.1) is 0 Å². The van der Waals surface area contributed by atoms with Gasteiger partial charge < -0.3 is 5.32 Å². The SMILES string of the molecule is O=C(NCc1cncc(-c2ccsc2)c1)c1ccccn1. The second-order valence-corrected chi connectivity index (χ2v) is 5.27. The molecule has 3 aromatic rings. The molecule has 0 aliphatic heterocycles. The lowest BCUT2D eigenvalue weighted by molar-refractivity contribution is 0.0946. The van der Waals surface area contributed by atoms with E-state index in [9.17, 15) is 4.79 Å². The van der Waals surface area contributed by atoms with Crippen LogP contribution >= 0.6 is 11.3 Å². The Labute approximate surface area is 126 Å². The van der Waals surface area contributed by atoms with Crippen LogP contribution in [-0.4, -0.2) is 15.9 Å². The van der Waals surface area contributed by atoms with Gasteiger partial charge in [0.15, 0.2) is 0 Å². The number of nitrogens with zero attached hydrogens (tertiary/aromatic N) is 2. The molecule has 0 saturated heterocycles. The standard InChI is InChI=1S/C16H13N3OS/c20-16(15-3-1-2-5-18-15)19-9-12-7-14(10-17-8-12)13-4-6-21-11-13/h1-8,10-11H,9H2,(H,19,20). The van der Waals surface area contributed by atoms with Crippen molar-refractivity contribution in [3.63, 3.8) is 0 Å². The molecule has 0 radical (unpaired) electrons. The highest BCUT2D eigenvalue weighted by atomic mass is 32.1. The Morgan fingerprint density at radius 2 is 2.14 bits per heavy atom. The first-order valence-corrected chi connectivity index (χ1v) is 7.43. The summed E-state index contributed by atoms with van der Waals surface area (Å²) in [6.07, 6.45) is 5.19. The molecule has 1 amide bonds. The Bertz CT molecular complexity index is 726. The van der Waals surface area contributed by atoms with Crippen LogP contribution in [0.15, 0.2) is 59.7 Å². The van der Waals surface area contributed by atoms with Crippen molar-refractivity contribution in [2.24, 2.45) is 0 Å². The summed E-state index contributed by atoms with van der Waals surface area (Å²) in [5.41, 5.74) is 3.58. The van der Waals surface area contributed by atoms with Gasteiger partial charge in [0.1, 0.15) is 5.69 Å². The average molecular weight is 295 g/mol. The van der Waals surface area contributed by atoms with E-state index in [4.69, 9.17) is 0 Å². The van der Waals surface area contributed by atoms with E-state index in [1.54, 1.807) is 41.9 Å². The maximum atomic E-state index is 11.9. The Balaban J connectivity index is 1.69. The molecule has 3 rings (SSSR count). The number of hydrogen-bond acceptors (Lipinski definition) is 4. The molecule has 0 unspecified atom stereocenters. The highest BCUT2D eigenvalue weighted by molar-refractivity contribution is 7.08. The summed E-state index contributed by atoms with van der Waals surface area (Å²) in [6.45, 7) is 0.431. The van der Waals surface area contributed by atoms with E-state index < -0.39 is 0 Å². The van der Waals surface area contributed by atoms with E-state index >= 15 is 0 Å². The van der Waals surface area contributed by atoms with Crippen molar-refractivity contribution in [3.8, 4) is 11.1 Å². The van der Waals surface area contributed by atoms with Crippen LogP contribution < -0.4 is 5.32 Å². The van der Waals surface area contributed by atoms with Crippen molar-refractivity contribution in [2.45, 2.75) is 6.54 Å². The van der Waals surface area contributed by atoms with Crippen molar-refractivity contribution < 1.29 is 4.79 Å². The average Bonchev–Trinajstić information content (AvgIpc) is 3.08. The molecule has 3 heterocycles. The quantitative estimate of drug-likeness (QED) is 0.804. The first kappa shape index (κ1) is 13.5. The van der Waals surface area contributed by atoms with Crippen molar-refractivity contribution in [2.75, 3.05) is 0 Å². The highest BCUT2D eigenvalue weighted by Gasteiger charge is 2.06. The predicted octanol–water partition coefficient (Wildman–Crippen LogP) is 3.14. The van der Waals surface area contributed by atoms with Gasteiger partial charge in [-0.3, -0.25) is 14.8 Å². The third kappa shape index (κ3) is 3.32. The van der Waals surface area contributed by atoms with Gasteiger partial charge in [0.25, 0.3) is 5.91 Å². The van der Waals surface area contributed by atoms with Crippen molar-refractivity contribution >= 4 is 17.2 Å². The zero-order valence-corrected chi connectivity index (χ0v) is 12.0. The number of amides is 1. The fraction of sp³-hybridized carbons (Fsp3) is 0.0625. The molecule has 0 saturated carbocycles. The number of nitrogens with one attached hydrogen (secondary N) is 1. The van der Waals surface area contributed by atoms with Crippen molar-refractivity contribution in [1.82, 2.24) is 15.3 Å². The van der Waals surface area contributed by atoms with Crippen LogP contribution in [0, 0.1) is 0 Å². The van der Waals surface area contributed by atoms with Gasteiger partial charge in [-0.1, -0.05) is 6.07 Å². The second kappa shape index (κ2) is 6.28. The third-order valence-electron chi connectivity index (χ3n) is 3.00. The van der Waals surface area contributed by atoms with Gasteiger partial charge in [0, 0.05) is 30.7 Å². The van der Waals surface area contributed by atoms with Gasteiger partial charge >= 0.3 is 0 Å². The topological polar surface area (TPSA) is 54.9 Å². The number of pyridine rings is 2. The van der Waals surface area contributed by atoms with Crippen LogP contribution in [0.3, 0.4) is 0 Å². The first-order valence-electron chi connectivity index (χ1n) is 6.48. The summed E-state index contributed by atoms with van der Waals surface area (Å²) >= 11 is 1.65. The molecule has 0 spiro atoms. The number of hydrogen-bond donors (Lipinski definition) is 1. The summed E-state index contributed by atoms with van der Waals surface area (Å²) in [5.74, 6) is -0.184. The van der Waals surface area contributed by atoms with Gasteiger partial charge in [-0.25, -0.2) is 0 Å². The number of rotatable bonds is 4. The highest BCUT2D eigenvalue weighted by Crippen LogP contribution is 2.21. The molecule has 0 aromatic carbocycles. The molecule has 5 heteroatoms. The zero-order chi connectivity index (χ0) is 14.5. The number of aromatic nitrogens is 2. The molecule has 0 aliphatic carbocycles. The monoisotopic (exact) mass is 295 g/mol. The normalized spacial score (nSPS) is 10.3. The third-order valence-corrected chi connectivity index (χ3v) is 3.68. The Kier molecular flexibility index (Phi) is 4.02.